The van der Waals surface area contributed by atoms with Gasteiger partial charge in [0.25, 0.3) is 0 Å². The van der Waals surface area contributed by atoms with Gasteiger partial charge in [0.15, 0.2) is 0 Å². The molecular weight excluding hydrogens is 276 g/mol. The zero-order valence-electron chi connectivity index (χ0n) is 10.6. The maximum Gasteiger partial charge on any atom is 0.0684 e. The second-order valence-electron chi connectivity index (χ2n) is 4.98. The number of benzene rings is 1. The fraction of sp³-hybridized carbons (Fsp3) is 0.500. The number of nitriles is 1. The van der Waals surface area contributed by atoms with Gasteiger partial charge in [-0.1, -0.05) is 28.1 Å². The SMILES string of the molecule is C[C@H](NCCC(C)(C)C#N)c1cccc(Br)c1. The molecule has 0 unspecified atom stereocenters. The highest BCUT2D eigenvalue weighted by Gasteiger charge is 2.16. The Morgan fingerprint density at radius 3 is 2.76 bits per heavy atom. The monoisotopic (exact) mass is 294 g/mol. The summed E-state index contributed by atoms with van der Waals surface area (Å²) in [6.07, 6.45) is 0.863. The molecule has 0 saturated carbocycles. The summed E-state index contributed by atoms with van der Waals surface area (Å²) in [6, 6.07) is 10.9. The zero-order valence-corrected chi connectivity index (χ0v) is 12.2. The summed E-state index contributed by atoms with van der Waals surface area (Å²) in [5.74, 6) is 0. The summed E-state index contributed by atoms with van der Waals surface area (Å²) in [4.78, 5) is 0. The van der Waals surface area contributed by atoms with Crippen molar-refractivity contribution in [2.45, 2.75) is 33.2 Å². The first kappa shape index (κ1) is 14.2. The van der Waals surface area contributed by atoms with Gasteiger partial charge < -0.3 is 5.32 Å². The van der Waals surface area contributed by atoms with Gasteiger partial charge in [0.1, 0.15) is 0 Å². The van der Waals surface area contributed by atoms with Gasteiger partial charge in [-0.2, -0.15) is 5.26 Å². The number of hydrogen-bond acceptors (Lipinski definition) is 2. The Morgan fingerprint density at radius 2 is 2.18 bits per heavy atom. The zero-order chi connectivity index (χ0) is 12.9. The van der Waals surface area contributed by atoms with E-state index in [0.29, 0.717) is 6.04 Å². The van der Waals surface area contributed by atoms with E-state index in [1.54, 1.807) is 0 Å². The van der Waals surface area contributed by atoms with Gasteiger partial charge in [0.05, 0.1) is 11.5 Å². The smallest absolute Gasteiger partial charge is 0.0684 e. The topological polar surface area (TPSA) is 35.8 Å². The van der Waals surface area contributed by atoms with Crippen LogP contribution in [-0.2, 0) is 0 Å². The van der Waals surface area contributed by atoms with Gasteiger partial charge in [0, 0.05) is 10.5 Å². The van der Waals surface area contributed by atoms with E-state index in [0.717, 1.165) is 17.4 Å². The highest BCUT2D eigenvalue weighted by atomic mass is 79.9. The fourth-order valence-electron chi connectivity index (χ4n) is 1.55. The van der Waals surface area contributed by atoms with Crippen molar-refractivity contribution in [2.24, 2.45) is 5.41 Å². The fourth-order valence-corrected chi connectivity index (χ4v) is 1.97. The standard InChI is InChI=1S/C14H19BrN2/c1-11(12-5-4-6-13(15)9-12)17-8-7-14(2,3)10-16/h4-6,9,11,17H,7-8H2,1-3H3/t11-/m0/s1. The van der Waals surface area contributed by atoms with Gasteiger partial charge in [-0.25, -0.2) is 0 Å². The van der Waals surface area contributed by atoms with Crippen molar-refractivity contribution in [1.29, 1.82) is 5.26 Å². The van der Waals surface area contributed by atoms with Crippen molar-refractivity contribution in [1.82, 2.24) is 5.32 Å². The van der Waals surface area contributed by atoms with E-state index >= 15 is 0 Å². The second-order valence-corrected chi connectivity index (χ2v) is 5.89. The van der Waals surface area contributed by atoms with Gasteiger partial charge in [0.2, 0.25) is 0 Å². The van der Waals surface area contributed by atoms with Crippen LogP contribution in [0.3, 0.4) is 0 Å². The van der Waals surface area contributed by atoms with Gasteiger partial charge in [-0.3, -0.25) is 0 Å². The Morgan fingerprint density at radius 1 is 1.47 bits per heavy atom. The summed E-state index contributed by atoms with van der Waals surface area (Å²) >= 11 is 3.47. The molecular formula is C14H19BrN2. The summed E-state index contributed by atoms with van der Waals surface area (Å²) in [5.41, 5.74) is 1.01. The van der Waals surface area contributed by atoms with Crippen LogP contribution in [0.1, 0.15) is 38.8 Å². The maximum atomic E-state index is 8.93. The lowest BCUT2D eigenvalue weighted by atomic mass is 9.91. The van der Waals surface area contributed by atoms with Crippen LogP contribution in [0.2, 0.25) is 0 Å². The highest BCUT2D eigenvalue weighted by Crippen LogP contribution is 2.20. The van der Waals surface area contributed by atoms with Crippen LogP contribution in [0.15, 0.2) is 28.7 Å². The summed E-state index contributed by atoms with van der Waals surface area (Å²) < 4.78 is 1.10. The third-order valence-electron chi connectivity index (χ3n) is 2.85. The molecule has 1 atom stereocenters. The summed E-state index contributed by atoms with van der Waals surface area (Å²) in [5, 5.41) is 12.4. The highest BCUT2D eigenvalue weighted by molar-refractivity contribution is 9.10. The number of halogens is 1. The van der Waals surface area contributed by atoms with E-state index in [1.165, 1.54) is 5.56 Å². The minimum atomic E-state index is -0.246. The van der Waals surface area contributed by atoms with Gasteiger partial charge in [-0.05, 0) is 51.4 Å². The lowest BCUT2D eigenvalue weighted by Gasteiger charge is -2.19. The molecule has 0 heterocycles. The molecule has 0 fully saturated rings. The molecule has 3 heteroatoms. The van der Waals surface area contributed by atoms with Crippen LogP contribution in [0.4, 0.5) is 0 Å². The predicted octanol–water partition coefficient (Wildman–Crippen LogP) is 4.04. The molecule has 0 bridgehead atoms. The molecule has 2 nitrogen and oxygen atoms in total. The molecule has 0 aliphatic heterocycles. The van der Waals surface area contributed by atoms with Crippen molar-refractivity contribution >= 4 is 15.9 Å². The quantitative estimate of drug-likeness (QED) is 0.890. The lowest BCUT2D eigenvalue weighted by Crippen LogP contribution is -2.24. The van der Waals surface area contributed by atoms with E-state index in [4.69, 9.17) is 5.26 Å². The van der Waals surface area contributed by atoms with Gasteiger partial charge in [-0.15, -0.1) is 0 Å². The Labute approximate surface area is 112 Å². The van der Waals surface area contributed by atoms with Crippen LogP contribution in [0, 0.1) is 16.7 Å². The minimum absolute atomic E-state index is 0.246. The Bertz CT molecular complexity index is 407. The molecule has 0 aliphatic rings. The van der Waals surface area contributed by atoms with Crippen molar-refractivity contribution < 1.29 is 0 Å². The van der Waals surface area contributed by atoms with Crippen molar-refractivity contribution in [3.63, 3.8) is 0 Å². The van der Waals surface area contributed by atoms with E-state index in [-0.39, 0.29) is 5.41 Å². The van der Waals surface area contributed by atoms with Gasteiger partial charge >= 0.3 is 0 Å². The Kier molecular flexibility index (Phi) is 5.17. The summed E-state index contributed by atoms with van der Waals surface area (Å²) in [7, 11) is 0. The number of nitrogens with one attached hydrogen (secondary N) is 1. The van der Waals surface area contributed by atoms with Crippen molar-refractivity contribution in [3.8, 4) is 6.07 Å². The number of nitrogens with zero attached hydrogens (tertiary/aromatic N) is 1. The largest absolute Gasteiger partial charge is 0.310 e. The lowest BCUT2D eigenvalue weighted by molar-refractivity contribution is 0.416. The molecule has 1 aromatic rings. The van der Waals surface area contributed by atoms with Crippen LogP contribution in [0.5, 0.6) is 0 Å². The second kappa shape index (κ2) is 6.18. The van der Waals surface area contributed by atoms with E-state index < -0.39 is 0 Å². The molecule has 17 heavy (non-hydrogen) atoms. The van der Waals surface area contributed by atoms with E-state index in [9.17, 15) is 0 Å². The molecule has 0 radical (unpaired) electrons. The normalized spacial score (nSPS) is 13.1. The third kappa shape index (κ3) is 4.89. The Hall–Kier alpha value is -0.850. The molecule has 92 valence electrons. The predicted molar refractivity (Wildman–Crippen MR) is 74.6 cm³/mol. The molecule has 1 rings (SSSR count). The maximum absolute atomic E-state index is 8.93. The van der Waals surface area contributed by atoms with Crippen molar-refractivity contribution in [3.05, 3.63) is 34.3 Å². The van der Waals surface area contributed by atoms with E-state index in [2.05, 4.69) is 46.4 Å². The van der Waals surface area contributed by atoms with Crippen LogP contribution < -0.4 is 5.32 Å². The van der Waals surface area contributed by atoms with Crippen molar-refractivity contribution in [2.75, 3.05) is 6.54 Å². The minimum Gasteiger partial charge on any atom is -0.310 e. The first-order valence-corrected chi connectivity index (χ1v) is 6.64. The number of rotatable bonds is 5. The first-order valence-electron chi connectivity index (χ1n) is 5.85. The Balaban J connectivity index is 2.46. The third-order valence-corrected chi connectivity index (χ3v) is 3.35. The average Bonchev–Trinajstić information content (AvgIpc) is 2.28. The molecule has 0 aromatic heterocycles. The van der Waals surface area contributed by atoms with Crippen LogP contribution in [0.25, 0.3) is 0 Å². The molecule has 1 aromatic carbocycles. The molecule has 0 saturated heterocycles. The van der Waals surface area contributed by atoms with E-state index in [1.807, 2.05) is 26.0 Å². The summed E-state index contributed by atoms with van der Waals surface area (Å²) in [6.45, 7) is 6.94. The molecule has 0 amide bonds. The molecule has 1 N–H and O–H groups in total. The average molecular weight is 295 g/mol. The molecule has 0 aliphatic carbocycles. The van der Waals surface area contributed by atoms with Crippen LogP contribution >= 0.6 is 15.9 Å². The number of hydrogen-bond donors (Lipinski definition) is 1. The molecule has 0 spiro atoms. The van der Waals surface area contributed by atoms with Crippen LogP contribution in [-0.4, -0.2) is 6.54 Å². The first-order chi connectivity index (χ1) is 7.94.